The first-order valence-corrected chi connectivity index (χ1v) is 6.07. The minimum Gasteiger partial charge on any atom is -0.355 e. The van der Waals surface area contributed by atoms with Crippen LogP contribution in [0.3, 0.4) is 0 Å². The van der Waals surface area contributed by atoms with E-state index in [0.29, 0.717) is 19.5 Å². The second-order valence-corrected chi connectivity index (χ2v) is 4.31. The van der Waals surface area contributed by atoms with Crippen LogP contribution in [-0.2, 0) is 4.79 Å². The highest BCUT2D eigenvalue weighted by Gasteiger charge is 2.25. The third kappa shape index (κ3) is 3.05. The number of rotatable bonds is 3. The second-order valence-electron chi connectivity index (χ2n) is 4.31. The molecule has 92 valence electrons. The molecule has 0 bridgehead atoms. The zero-order chi connectivity index (χ0) is 12.1. The van der Waals surface area contributed by atoms with Gasteiger partial charge in [0.1, 0.15) is 0 Å². The number of nitrogens with zero attached hydrogens (tertiary/aromatic N) is 1. The normalized spacial score (nSPS) is 21.9. The van der Waals surface area contributed by atoms with Crippen molar-refractivity contribution < 1.29 is 4.79 Å². The fourth-order valence-electron chi connectivity index (χ4n) is 2.31. The predicted molar refractivity (Wildman–Crippen MR) is 67.4 cm³/mol. The lowest BCUT2D eigenvalue weighted by atomic mass is 10.0. The molecule has 1 saturated heterocycles. The summed E-state index contributed by atoms with van der Waals surface area (Å²) in [5, 5.41) is 2.91. The quantitative estimate of drug-likeness (QED) is 0.799. The van der Waals surface area contributed by atoms with E-state index in [1.54, 1.807) is 0 Å². The number of nitrogens with one attached hydrogen (secondary N) is 1. The molecule has 2 rings (SSSR count). The highest BCUT2D eigenvalue weighted by atomic mass is 16.1. The molecule has 0 aliphatic carbocycles. The van der Waals surface area contributed by atoms with Gasteiger partial charge in [-0.1, -0.05) is 30.3 Å². The Hall–Kier alpha value is -1.39. The Morgan fingerprint density at radius 1 is 1.35 bits per heavy atom. The van der Waals surface area contributed by atoms with Gasteiger partial charge in [-0.15, -0.1) is 0 Å². The van der Waals surface area contributed by atoms with Gasteiger partial charge >= 0.3 is 0 Å². The summed E-state index contributed by atoms with van der Waals surface area (Å²) < 4.78 is 0. The Balaban J connectivity index is 2.21. The molecular formula is C13H19N3O. The highest BCUT2D eigenvalue weighted by Crippen LogP contribution is 2.24. The van der Waals surface area contributed by atoms with Crippen molar-refractivity contribution in [2.45, 2.75) is 12.5 Å². The van der Waals surface area contributed by atoms with Crippen LogP contribution in [0.25, 0.3) is 0 Å². The summed E-state index contributed by atoms with van der Waals surface area (Å²) >= 11 is 0. The number of carbonyl (C=O) groups is 1. The molecule has 3 N–H and O–H groups in total. The summed E-state index contributed by atoms with van der Waals surface area (Å²) in [5.41, 5.74) is 6.83. The molecule has 1 heterocycles. The Kier molecular flexibility index (Phi) is 4.12. The summed E-state index contributed by atoms with van der Waals surface area (Å²) in [4.78, 5) is 13.9. The van der Waals surface area contributed by atoms with Gasteiger partial charge in [0.25, 0.3) is 0 Å². The van der Waals surface area contributed by atoms with E-state index in [9.17, 15) is 4.79 Å². The van der Waals surface area contributed by atoms with Gasteiger partial charge in [0.15, 0.2) is 0 Å². The molecule has 1 aliphatic rings. The van der Waals surface area contributed by atoms with Crippen molar-refractivity contribution in [1.29, 1.82) is 0 Å². The van der Waals surface area contributed by atoms with Gasteiger partial charge in [-0.2, -0.15) is 0 Å². The van der Waals surface area contributed by atoms with Gasteiger partial charge in [0.2, 0.25) is 5.91 Å². The number of hydrogen-bond donors (Lipinski definition) is 2. The summed E-state index contributed by atoms with van der Waals surface area (Å²) in [7, 11) is 0. The summed E-state index contributed by atoms with van der Waals surface area (Å²) in [6.45, 7) is 3.02. The van der Waals surface area contributed by atoms with Crippen LogP contribution in [0.5, 0.6) is 0 Å². The Morgan fingerprint density at radius 2 is 2.12 bits per heavy atom. The van der Waals surface area contributed by atoms with Crippen molar-refractivity contribution in [2.75, 3.05) is 26.2 Å². The van der Waals surface area contributed by atoms with Crippen molar-refractivity contribution in [3.05, 3.63) is 35.9 Å². The molecule has 1 fully saturated rings. The van der Waals surface area contributed by atoms with E-state index >= 15 is 0 Å². The van der Waals surface area contributed by atoms with Crippen molar-refractivity contribution in [3.8, 4) is 0 Å². The van der Waals surface area contributed by atoms with Crippen molar-refractivity contribution >= 4 is 5.91 Å². The maximum absolute atomic E-state index is 11.6. The van der Waals surface area contributed by atoms with Crippen molar-refractivity contribution in [3.63, 3.8) is 0 Å². The topological polar surface area (TPSA) is 58.4 Å². The van der Waals surface area contributed by atoms with Crippen LogP contribution < -0.4 is 11.1 Å². The van der Waals surface area contributed by atoms with Gasteiger partial charge in [-0.3, -0.25) is 9.69 Å². The van der Waals surface area contributed by atoms with Crippen LogP contribution in [0.2, 0.25) is 0 Å². The van der Waals surface area contributed by atoms with Crippen LogP contribution in [0.15, 0.2) is 30.3 Å². The van der Waals surface area contributed by atoms with Crippen molar-refractivity contribution in [1.82, 2.24) is 10.2 Å². The van der Waals surface area contributed by atoms with Gasteiger partial charge in [-0.25, -0.2) is 0 Å². The van der Waals surface area contributed by atoms with Gasteiger partial charge in [0, 0.05) is 38.6 Å². The molecule has 1 aromatic rings. The van der Waals surface area contributed by atoms with E-state index in [4.69, 9.17) is 5.73 Å². The van der Waals surface area contributed by atoms with Gasteiger partial charge in [-0.05, 0) is 5.56 Å². The van der Waals surface area contributed by atoms with Crippen LogP contribution >= 0.6 is 0 Å². The summed E-state index contributed by atoms with van der Waals surface area (Å²) in [5.74, 6) is 0.123. The van der Waals surface area contributed by atoms with Crippen LogP contribution in [0.1, 0.15) is 18.0 Å². The Labute approximate surface area is 102 Å². The molecule has 1 unspecified atom stereocenters. The second kappa shape index (κ2) is 5.80. The molecule has 1 atom stereocenters. The standard InChI is InChI=1S/C13H19N3O/c14-6-8-16-9-7-15-13(17)10-12(16)11-4-2-1-3-5-11/h1-5,12H,6-10,14H2,(H,15,17). The highest BCUT2D eigenvalue weighted by molar-refractivity contribution is 5.77. The lowest BCUT2D eigenvalue weighted by Crippen LogP contribution is -2.35. The van der Waals surface area contributed by atoms with E-state index in [2.05, 4.69) is 22.3 Å². The van der Waals surface area contributed by atoms with Gasteiger partial charge < -0.3 is 11.1 Å². The third-order valence-corrected chi connectivity index (χ3v) is 3.14. The third-order valence-electron chi connectivity index (χ3n) is 3.14. The maximum Gasteiger partial charge on any atom is 0.221 e. The fourth-order valence-corrected chi connectivity index (χ4v) is 2.31. The summed E-state index contributed by atoms with van der Waals surface area (Å²) in [6.07, 6.45) is 0.518. The largest absolute Gasteiger partial charge is 0.355 e. The zero-order valence-corrected chi connectivity index (χ0v) is 9.93. The number of hydrogen-bond acceptors (Lipinski definition) is 3. The summed E-state index contributed by atoms with van der Waals surface area (Å²) in [6, 6.07) is 10.3. The molecule has 17 heavy (non-hydrogen) atoms. The number of benzene rings is 1. The molecule has 4 heteroatoms. The van der Waals surface area contributed by atoms with Gasteiger partial charge in [0.05, 0.1) is 0 Å². The van der Waals surface area contributed by atoms with E-state index in [1.165, 1.54) is 5.56 Å². The first kappa shape index (κ1) is 12.1. The maximum atomic E-state index is 11.6. The number of nitrogens with two attached hydrogens (primary N) is 1. The lowest BCUT2D eigenvalue weighted by molar-refractivity contribution is -0.121. The smallest absolute Gasteiger partial charge is 0.221 e. The molecule has 0 saturated carbocycles. The van der Waals surface area contributed by atoms with E-state index in [0.717, 1.165) is 13.1 Å². The first-order chi connectivity index (χ1) is 8.31. The average molecular weight is 233 g/mol. The number of carbonyl (C=O) groups excluding carboxylic acids is 1. The molecular weight excluding hydrogens is 214 g/mol. The molecule has 1 aromatic carbocycles. The minimum absolute atomic E-state index is 0.123. The van der Waals surface area contributed by atoms with Crippen LogP contribution in [-0.4, -0.2) is 37.0 Å². The molecule has 0 spiro atoms. The average Bonchev–Trinajstić information content (AvgIpc) is 2.53. The van der Waals surface area contributed by atoms with E-state index in [1.807, 2.05) is 18.2 Å². The first-order valence-electron chi connectivity index (χ1n) is 6.07. The number of amides is 1. The molecule has 1 aliphatic heterocycles. The monoisotopic (exact) mass is 233 g/mol. The lowest BCUT2D eigenvalue weighted by Gasteiger charge is -2.28. The molecule has 4 nitrogen and oxygen atoms in total. The fraction of sp³-hybridized carbons (Fsp3) is 0.462. The predicted octanol–water partition coefficient (Wildman–Crippen LogP) is 0.508. The Morgan fingerprint density at radius 3 is 2.82 bits per heavy atom. The molecule has 1 amide bonds. The van der Waals surface area contributed by atoms with E-state index < -0.39 is 0 Å². The van der Waals surface area contributed by atoms with Crippen LogP contribution in [0, 0.1) is 0 Å². The zero-order valence-electron chi connectivity index (χ0n) is 9.93. The van der Waals surface area contributed by atoms with Crippen LogP contribution in [0.4, 0.5) is 0 Å². The molecule has 0 aromatic heterocycles. The van der Waals surface area contributed by atoms with E-state index in [-0.39, 0.29) is 11.9 Å². The van der Waals surface area contributed by atoms with Crippen molar-refractivity contribution in [2.24, 2.45) is 5.73 Å². The molecule has 0 radical (unpaired) electrons. The SMILES string of the molecule is NCCN1CCNC(=O)CC1c1ccccc1. The Bertz CT molecular complexity index is 366. The minimum atomic E-state index is 0.123.